The minimum Gasteiger partial charge on any atom is -0.289 e. The van der Waals surface area contributed by atoms with Gasteiger partial charge in [0, 0.05) is 10.6 Å². The molecule has 0 aliphatic heterocycles. The lowest BCUT2D eigenvalue weighted by Gasteiger charge is -2.08. The smallest absolute Gasteiger partial charge is 0.185 e. The Morgan fingerprint density at radius 2 is 1.57 bits per heavy atom. The van der Waals surface area contributed by atoms with Crippen LogP contribution in [0, 0.1) is 6.92 Å². The van der Waals surface area contributed by atoms with Crippen molar-refractivity contribution >= 4 is 31.0 Å². The zero-order valence-electron chi connectivity index (χ0n) is 12.7. The summed E-state index contributed by atoms with van der Waals surface area (Å²) in [6, 6.07) is 23.7. The Morgan fingerprint density at radius 3 is 2.26 bits per heavy atom. The molecule has 0 aliphatic rings. The molecule has 0 saturated carbocycles. The van der Waals surface area contributed by atoms with Gasteiger partial charge in [0.1, 0.15) is 0 Å². The quantitative estimate of drug-likeness (QED) is 0.577. The van der Waals surface area contributed by atoms with Crippen LogP contribution >= 0.6 is 20.2 Å². The molecule has 1 nitrogen and oxygen atoms in total. The van der Waals surface area contributed by atoms with Gasteiger partial charge in [-0.15, -0.1) is 0 Å². The van der Waals surface area contributed by atoms with E-state index in [2.05, 4.69) is 0 Å². The predicted octanol–water partition coefficient (Wildman–Crippen LogP) is 5.46. The van der Waals surface area contributed by atoms with Crippen molar-refractivity contribution < 1.29 is 4.79 Å². The number of halogens is 1. The van der Waals surface area contributed by atoms with E-state index in [1.807, 2.05) is 79.7 Å². The highest BCUT2D eigenvalue weighted by Gasteiger charge is 2.12. The summed E-state index contributed by atoms with van der Waals surface area (Å²) in [5, 5.41) is 1.53. The standard InChI is InChI=1S/C20H16ClOP/c1-14-7-5-6-10-17(14)20(22)23-19-12-11-16(13-18(19)21)15-8-3-2-4-9-15/h2-13,23H,1H3. The van der Waals surface area contributed by atoms with Crippen LogP contribution in [0.3, 0.4) is 0 Å². The fourth-order valence-electron chi connectivity index (χ4n) is 2.44. The second-order valence-electron chi connectivity index (χ2n) is 5.33. The van der Waals surface area contributed by atoms with E-state index in [1.54, 1.807) is 0 Å². The Labute approximate surface area is 143 Å². The van der Waals surface area contributed by atoms with Crippen LogP contribution in [-0.2, 0) is 0 Å². The van der Waals surface area contributed by atoms with Gasteiger partial charge in [-0.1, -0.05) is 78.3 Å². The van der Waals surface area contributed by atoms with E-state index in [4.69, 9.17) is 11.6 Å². The van der Waals surface area contributed by atoms with Gasteiger partial charge in [0.15, 0.2) is 5.52 Å². The summed E-state index contributed by atoms with van der Waals surface area (Å²) in [4.78, 5) is 12.5. The molecule has 3 aromatic rings. The largest absolute Gasteiger partial charge is 0.289 e. The van der Waals surface area contributed by atoms with Crippen molar-refractivity contribution in [3.63, 3.8) is 0 Å². The SMILES string of the molecule is Cc1ccccc1C(=O)Pc1ccc(-c2ccccc2)cc1Cl. The molecule has 3 aromatic carbocycles. The van der Waals surface area contributed by atoms with Gasteiger partial charge in [-0.2, -0.15) is 0 Å². The molecule has 0 aromatic heterocycles. The number of aryl methyl sites for hydroxylation is 1. The number of hydrogen-bond acceptors (Lipinski definition) is 1. The molecule has 0 spiro atoms. The van der Waals surface area contributed by atoms with Gasteiger partial charge >= 0.3 is 0 Å². The zero-order chi connectivity index (χ0) is 16.2. The Balaban J connectivity index is 1.85. The summed E-state index contributed by atoms with van der Waals surface area (Å²) in [5.41, 5.74) is 4.08. The van der Waals surface area contributed by atoms with Crippen LogP contribution in [-0.4, -0.2) is 5.52 Å². The van der Waals surface area contributed by atoms with Crippen LogP contribution in [0.2, 0.25) is 5.02 Å². The van der Waals surface area contributed by atoms with Gasteiger partial charge in [-0.25, -0.2) is 0 Å². The van der Waals surface area contributed by atoms with E-state index < -0.39 is 0 Å². The van der Waals surface area contributed by atoms with E-state index in [0.29, 0.717) is 5.02 Å². The molecule has 3 heteroatoms. The highest BCUT2D eigenvalue weighted by molar-refractivity contribution is 7.66. The molecular formula is C20H16ClOP. The Bertz CT molecular complexity index is 843. The lowest BCUT2D eigenvalue weighted by molar-refractivity contribution is 0.108. The molecule has 0 radical (unpaired) electrons. The monoisotopic (exact) mass is 338 g/mol. The summed E-state index contributed by atoms with van der Waals surface area (Å²) in [7, 11) is 0.0341. The lowest BCUT2D eigenvalue weighted by atomic mass is 10.1. The average molecular weight is 339 g/mol. The summed E-state index contributed by atoms with van der Waals surface area (Å²) in [6.45, 7) is 1.96. The third-order valence-corrected chi connectivity index (χ3v) is 5.39. The Hall–Kier alpha value is -1.95. The summed E-state index contributed by atoms with van der Waals surface area (Å²) >= 11 is 6.41. The van der Waals surface area contributed by atoms with Crippen molar-refractivity contribution in [2.75, 3.05) is 0 Å². The zero-order valence-corrected chi connectivity index (χ0v) is 14.5. The fraction of sp³-hybridized carbons (Fsp3) is 0.0500. The maximum atomic E-state index is 12.5. The average Bonchev–Trinajstić information content (AvgIpc) is 2.58. The Morgan fingerprint density at radius 1 is 0.870 bits per heavy atom. The van der Waals surface area contributed by atoms with Crippen molar-refractivity contribution in [2.45, 2.75) is 6.92 Å². The van der Waals surface area contributed by atoms with E-state index in [-0.39, 0.29) is 14.1 Å². The van der Waals surface area contributed by atoms with Crippen LogP contribution in [0.25, 0.3) is 11.1 Å². The first-order valence-corrected chi connectivity index (χ1v) is 8.75. The predicted molar refractivity (Wildman–Crippen MR) is 100 cm³/mol. The number of benzene rings is 3. The van der Waals surface area contributed by atoms with Crippen molar-refractivity contribution in [3.05, 3.63) is 88.9 Å². The summed E-state index contributed by atoms with van der Waals surface area (Å²) in [6.07, 6.45) is 0. The van der Waals surface area contributed by atoms with Crippen LogP contribution in [0.15, 0.2) is 72.8 Å². The highest BCUT2D eigenvalue weighted by Crippen LogP contribution is 2.28. The summed E-state index contributed by atoms with van der Waals surface area (Å²) < 4.78 is 0. The first-order valence-electron chi connectivity index (χ1n) is 7.37. The lowest BCUT2D eigenvalue weighted by Crippen LogP contribution is -2.04. The van der Waals surface area contributed by atoms with Crippen molar-refractivity contribution in [3.8, 4) is 11.1 Å². The molecule has 0 N–H and O–H groups in total. The molecule has 0 aliphatic carbocycles. The van der Waals surface area contributed by atoms with Crippen molar-refractivity contribution in [1.29, 1.82) is 0 Å². The van der Waals surface area contributed by atoms with Crippen LogP contribution in [0.4, 0.5) is 0 Å². The van der Waals surface area contributed by atoms with Crippen LogP contribution in [0.5, 0.6) is 0 Å². The summed E-state index contributed by atoms with van der Waals surface area (Å²) in [5.74, 6) is 0. The van der Waals surface area contributed by atoms with E-state index in [9.17, 15) is 4.79 Å². The minimum atomic E-state index is 0.0341. The van der Waals surface area contributed by atoms with Gasteiger partial charge in [0.25, 0.3) is 0 Å². The first kappa shape index (κ1) is 15.9. The molecule has 1 unspecified atom stereocenters. The maximum absolute atomic E-state index is 12.5. The van der Waals surface area contributed by atoms with Gasteiger partial charge in [-0.05, 0) is 43.6 Å². The molecule has 0 saturated heterocycles. The number of hydrogen-bond donors (Lipinski definition) is 0. The second-order valence-corrected chi connectivity index (χ2v) is 6.98. The number of carbonyl (C=O) groups is 1. The third-order valence-electron chi connectivity index (χ3n) is 3.71. The van der Waals surface area contributed by atoms with Crippen LogP contribution in [0.1, 0.15) is 15.9 Å². The third kappa shape index (κ3) is 3.69. The number of rotatable bonds is 4. The van der Waals surface area contributed by atoms with E-state index >= 15 is 0 Å². The molecule has 1 atom stereocenters. The Kier molecular flexibility index (Phi) is 4.91. The highest BCUT2D eigenvalue weighted by atomic mass is 35.5. The van der Waals surface area contributed by atoms with Gasteiger partial charge in [-0.3, -0.25) is 4.79 Å². The molecule has 114 valence electrons. The van der Waals surface area contributed by atoms with Gasteiger partial charge in [0.05, 0.1) is 0 Å². The van der Waals surface area contributed by atoms with E-state index in [0.717, 1.165) is 27.6 Å². The second kappa shape index (κ2) is 7.08. The normalized spacial score (nSPS) is 11.0. The van der Waals surface area contributed by atoms with Crippen LogP contribution < -0.4 is 5.30 Å². The van der Waals surface area contributed by atoms with Gasteiger partial charge < -0.3 is 0 Å². The fourth-order valence-corrected chi connectivity index (χ4v) is 3.78. The maximum Gasteiger partial charge on any atom is 0.185 e. The van der Waals surface area contributed by atoms with Crippen molar-refractivity contribution in [2.24, 2.45) is 0 Å². The minimum absolute atomic E-state index is 0.0341. The molecular weight excluding hydrogens is 323 g/mol. The molecule has 0 bridgehead atoms. The number of carbonyl (C=O) groups excluding carboxylic acids is 1. The topological polar surface area (TPSA) is 17.1 Å². The van der Waals surface area contributed by atoms with Gasteiger partial charge in [0.2, 0.25) is 0 Å². The molecule has 0 fully saturated rings. The molecule has 0 heterocycles. The van der Waals surface area contributed by atoms with E-state index in [1.165, 1.54) is 0 Å². The molecule has 23 heavy (non-hydrogen) atoms. The molecule has 0 amide bonds. The first-order chi connectivity index (χ1) is 11.1. The van der Waals surface area contributed by atoms with Crippen molar-refractivity contribution in [1.82, 2.24) is 0 Å². The molecule has 3 rings (SSSR count).